The monoisotopic (exact) mass is 406 g/mol. The van der Waals surface area contributed by atoms with Crippen LogP contribution >= 0.6 is 8.38 Å². The summed E-state index contributed by atoms with van der Waals surface area (Å²) in [7, 11) is -0.249. The van der Waals surface area contributed by atoms with Crippen LogP contribution in [0.1, 0.15) is 32.1 Å². The van der Waals surface area contributed by atoms with Gasteiger partial charge in [0.05, 0.1) is 13.3 Å². The zero-order valence-corrected chi connectivity index (χ0v) is 17.0. The summed E-state index contributed by atoms with van der Waals surface area (Å²) in [5.41, 5.74) is -0.136. The van der Waals surface area contributed by atoms with Crippen molar-refractivity contribution in [2.24, 2.45) is 11.8 Å². The molecule has 1 saturated carbocycles. The van der Waals surface area contributed by atoms with Crippen LogP contribution in [0.4, 0.5) is 5.82 Å². The molecule has 9 heteroatoms. The predicted octanol–water partition coefficient (Wildman–Crippen LogP) is 2.11. The molecule has 2 aliphatic rings. The molecule has 0 amide bonds. The van der Waals surface area contributed by atoms with Crippen molar-refractivity contribution in [3.63, 3.8) is 0 Å². The molecular formula is C19H27N4O4P. The van der Waals surface area contributed by atoms with E-state index in [0.29, 0.717) is 35.8 Å². The molecule has 1 saturated heterocycles. The normalized spacial score (nSPS) is 18.2. The van der Waals surface area contributed by atoms with E-state index < -0.39 is 8.38 Å². The fraction of sp³-hybridized carbons (Fsp3) is 0.632. The highest BCUT2D eigenvalue weighted by molar-refractivity contribution is 7.45. The van der Waals surface area contributed by atoms with Crippen molar-refractivity contribution in [2.45, 2.75) is 38.6 Å². The van der Waals surface area contributed by atoms with E-state index in [-0.39, 0.29) is 5.56 Å². The standard InChI is InChI=1S/C19H27N4O4P/c1-27-18-17-15(11-20-23(19(17)24)12-14-2-3-14)10-16(21-18)22-7-4-13(5-8-22)6-9-28(25)26/h10-11,13-14,25-26H,2-9,12H2,1H3. The largest absolute Gasteiger partial charge is 0.480 e. The minimum atomic E-state index is -1.80. The smallest absolute Gasteiger partial charge is 0.280 e. The fourth-order valence-corrected chi connectivity index (χ4v) is 4.49. The first kappa shape index (κ1) is 19.6. The van der Waals surface area contributed by atoms with E-state index in [0.717, 1.165) is 56.4 Å². The molecule has 152 valence electrons. The van der Waals surface area contributed by atoms with Crippen LogP contribution in [0.5, 0.6) is 5.88 Å². The van der Waals surface area contributed by atoms with Gasteiger partial charge in [-0.15, -0.1) is 0 Å². The molecule has 4 rings (SSSR count). The van der Waals surface area contributed by atoms with Crippen LogP contribution < -0.4 is 15.2 Å². The third kappa shape index (κ3) is 4.29. The van der Waals surface area contributed by atoms with Gasteiger partial charge in [-0.2, -0.15) is 10.1 Å². The topological polar surface area (TPSA) is 101 Å². The van der Waals surface area contributed by atoms with Gasteiger partial charge in [0.25, 0.3) is 5.56 Å². The Labute approximate surface area is 165 Å². The van der Waals surface area contributed by atoms with Gasteiger partial charge in [0.2, 0.25) is 5.88 Å². The summed E-state index contributed by atoms with van der Waals surface area (Å²) in [6.07, 6.45) is 7.39. The van der Waals surface area contributed by atoms with E-state index in [9.17, 15) is 4.79 Å². The maximum absolute atomic E-state index is 12.9. The summed E-state index contributed by atoms with van der Waals surface area (Å²) in [6.45, 7) is 2.37. The van der Waals surface area contributed by atoms with Gasteiger partial charge >= 0.3 is 0 Å². The molecule has 1 aliphatic heterocycles. The summed E-state index contributed by atoms with van der Waals surface area (Å²) in [5, 5.41) is 5.61. The second-order valence-electron chi connectivity index (χ2n) is 7.84. The van der Waals surface area contributed by atoms with E-state index in [1.807, 2.05) is 6.07 Å². The molecular weight excluding hydrogens is 379 g/mol. The molecule has 2 fully saturated rings. The van der Waals surface area contributed by atoms with Crippen LogP contribution in [0.15, 0.2) is 17.1 Å². The van der Waals surface area contributed by atoms with Gasteiger partial charge < -0.3 is 19.4 Å². The van der Waals surface area contributed by atoms with Crippen LogP contribution in [0.2, 0.25) is 0 Å². The Kier molecular flexibility index (Phi) is 5.80. The van der Waals surface area contributed by atoms with Gasteiger partial charge in [0.1, 0.15) is 11.2 Å². The number of methoxy groups -OCH3 is 1. The summed E-state index contributed by atoms with van der Waals surface area (Å²) in [4.78, 5) is 37.9. The van der Waals surface area contributed by atoms with Crippen molar-refractivity contribution in [3.8, 4) is 5.88 Å². The second-order valence-corrected chi connectivity index (χ2v) is 9.04. The van der Waals surface area contributed by atoms with Crippen molar-refractivity contribution in [3.05, 3.63) is 22.6 Å². The quantitative estimate of drug-likeness (QED) is 0.679. The van der Waals surface area contributed by atoms with E-state index in [4.69, 9.17) is 14.5 Å². The number of hydrogen-bond donors (Lipinski definition) is 2. The highest BCUT2D eigenvalue weighted by atomic mass is 31.2. The number of hydrogen-bond acceptors (Lipinski definition) is 7. The highest BCUT2D eigenvalue weighted by Crippen LogP contribution is 2.33. The number of nitrogens with zero attached hydrogens (tertiary/aromatic N) is 4. The zero-order valence-electron chi connectivity index (χ0n) is 16.1. The zero-order chi connectivity index (χ0) is 19.7. The average molecular weight is 406 g/mol. The van der Waals surface area contributed by atoms with E-state index in [1.165, 1.54) is 4.68 Å². The SMILES string of the molecule is COc1nc(N2CCC(CCP(O)O)CC2)cc2cnn(CC3CC3)c(=O)c12. The number of ether oxygens (including phenoxy) is 1. The van der Waals surface area contributed by atoms with Crippen LogP contribution in [0.3, 0.4) is 0 Å². The number of rotatable bonds is 7. The van der Waals surface area contributed by atoms with Crippen molar-refractivity contribution >= 4 is 25.0 Å². The first-order valence-electron chi connectivity index (χ1n) is 9.90. The molecule has 28 heavy (non-hydrogen) atoms. The Morgan fingerprint density at radius 3 is 2.61 bits per heavy atom. The van der Waals surface area contributed by atoms with Gasteiger partial charge in [-0.1, -0.05) is 0 Å². The Bertz CT molecular complexity index is 891. The molecule has 3 heterocycles. The van der Waals surface area contributed by atoms with Crippen LogP contribution in [0, 0.1) is 11.8 Å². The summed E-state index contributed by atoms with van der Waals surface area (Å²) >= 11 is 0. The van der Waals surface area contributed by atoms with Crippen LogP contribution in [0.25, 0.3) is 10.8 Å². The van der Waals surface area contributed by atoms with Gasteiger partial charge in [0, 0.05) is 31.2 Å². The predicted molar refractivity (Wildman–Crippen MR) is 109 cm³/mol. The first-order chi connectivity index (χ1) is 13.5. The molecule has 2 aromatic rings. The number of piperidine rings is 1. The molecule has 0 unspecified atom stereocenters. The average Bonchev–Trinajstić information content (AvgIpc) is 3.52. The highest BCUT2D eigenvalue weighted by Gasteiger charge is 2.25. The number of aromatic nitrogens is 3. The minimum absolute atomic E-state index is 0.136. The van der Waals surface area contributed by atoms with Crippen molar-refractivity contribution in [2.75, 3.05) is 31.3 Å². The van der Waals surface area contributed by atoms with Gasteiger partial charge in [-0.05, 0) is 50.0 Å². The lowest BCUT2D eigenvalue weighted by Gasteiger charge is -2.33. The molecule has 2 aromatic heterocycles. The number of anilines is 1. The molecule has 0 atom stereocenters. The van der Waals surface area contributed by atoms with E-state index in [1.54, 1.807) is 13.3 Å². The molecule has 8 nitrogen and oxygen atoms in total. The molecule has 1 aliphatic carbocycles. The first-order valence-corrected chi connectivity index (χ1v) is 11.3. The summed E-state index contributed by atoms with van der Waals surface area (Å²) < 4.78 is 7.00. The van der Waals surface area contributed by atoms with Crippen molar-refractivity contribution in [1.29, 1.82) is 0 Å². The van der Waals surface area contributed by atoms with Gasteiger partial charge in [0.15, 0.2) is 8.38 Å². The van der Waals surface area contributed by atoms with Gasteiger partial charge in [-0.3, -0.25) is 4.79 Å². The fourth-order valence-electron chi connectivity index (χ4n) is 3.89. The molecule has 0 aromatic carbocycles. The second kappa shape index (κ2) is 8.31. The molecule has 2 N–H and O–H groups in total. The van der Waals surface area contributed by atoms with E-state index >= 15 is 0 Å². The molecule has 0 bridgehead atoms. The molecule has 0 radical (unpaired) electrons. The number of fused-ring (bicyclic) bond motifs is 1. The molecule has 0 spiro atoms. The summed E-state index contributed by atoms with van der Waals surface area (Å²) in [5.74, 6) is 2.24. The van der Waals surface area contributed by atoms with Crippen LogP contribution in [-0.2, 0) is 6.54 Å². The van der Waals surface area contributed by atoms with Gasteiger partial charge in [-0.25, -0.2) is 4.68 Å². The third-order valence-electron chi connectivity index (χ3n) is 5.79. The van der Waals surface area contributed by atoms with E-state index in [2.05, 4.69) is 15.0 Å². The Morgan fingerprint density at radius 1 is 1.21 bits per heavy atom. The Morgan fingerprint density at radius 2 is 1.96 bits per heavy atom. The summed E-state index contributed by atoms with van der Waals surface area (Å²) in [6, 6.07) is 1.93. The lowest BCUT2D eigenvalue weighted by molar-refractivity contribution is 0.382. The minimum Gasteiger partial charge on any atom is -0.480 e. The Hall–Kier alpha value is -1.76. The maximum atomic E-state index is 12.9. The Balaban J connectivity index is 1.55. The van der Waals surface area contributed by atoms with Crippen molar-refractivity contribution < 1.29 is 14.5 Å². The lowest BCUT2D eigenvalue weighted by atomic mass is 9.94. The van der Waals surface area contributed by atoms with Crippen molar-refractivity contribution in [1.82, 2.24) is 14.8 Å². The third-order valence-corrected chi connectivity index (χ3v) is 6.44. The maximum Gasteiger partial charge on any atom is 0.280 e. The lowest BCUT2D eigenvalue weighted by Crippen LogP contribution is -2.34. The number of pyridine rings is 1. The van der Waals surface area contributed by atoms with Crippen LogP contribution in [-0.4, -0.2) is 50.9 Å².